The Hall–Kier alpha value is -2.35. The van der Waals surface area contributed by atoms with Crippen LogP contribution in [0.1, 0.15) is 84.9 Å². The summed E-state index contributed by atoms with van der Waals surface area (Å²) in [4.78, 5) is 28.3. The predicted octanol–water partition coefficient (Wildman–Crippen LogP) is 5.22. The molecule has 2 aliphatic rings. The number of carbonyl (C=O) groups is 2. The summed E-state index contributed by atoms with van der Waals surface area (Å²) in [6, 6.07) is 4.45. The highest BCUT2D eigenvalue weighted by atomic mass is 16.5. The van der Waals surface area contributed by atoms with Crippen molar-refractivity contribution in [2.75, 3.05) is 0 Å². The number of hydrogen-bond acceptors (Lipinski definition) is 4. The van der Waals surface area contributed by atoms with Crippen LogP contribution in [0.2, 0.25) is 0 Å². The molecule has 5 nitrogen and oxygen atoms in total. The second-order valence-corrected chi connectivity index (χ2v) is 7.21. The number of nitrogens with zero attached hydrogens (tertiary/aromatic N) is 1. The Morgan fingerprint density at radius 3 is 1.58 bits per heavy atom. The van der Waals surface area contributed by atoms with Gasteiger partial charge in [0.25, 0.3) is 0 Å². The molecule has 0 heterocycles. The van der Waals surface area contributed by atoms with E-state index in [1.807, 2.05) is 0 Å². The van der Waals surface area contributed by atoms with Crippen LogP contribution >= 0.6 is 0 Å². The van der Waals surface area contributed by atoms with Gasteiger partial charge in [-0.15, -0.1) is 0 Å². The lowest BCUT2D eigenvalue weighted by Crippen LogP contribution is -2.22. The minimum absolute atomic E-state index is 0.0644. The molecule has 0 amide bonds. The van der Waals surface area contributed by atoms with E-state index < -0.39 is 11.9 Å². The molecule has 2 aliphatic carbocycles. The highest BCUT2D eigenvalue weighted by Gasteiger charge is 2.22. The van der Waals surface area contributed by atoms with E-state index in [1.54, 1.807) is 0 Å². The van der Waals surface area contributed by atoms with E-state index in [1.165, 1.54) is 31.0 Å². The standard InChI is InChI=1S/C21H25NO4/c1-22-17-13-15(20(23)25-18-8-4-2-5-9-18)12-16(14-17)21(24)26-19-10-6-3-7-11-19/h12-14,18-19H,2-11H2. The number of hydrogen-bond donors (Lipinski definition) is 0. The SMILES string of the molecule is [C-]#[N+]c1cc(C(=O)OC2CCCCC2)cc(C(=O)OC2CCCCC2)c1. The Labute approximate surface area is 154 Å². The molecule has 5 heteroatoms. The van der Waals surface area contributed by atoms with E-state index in [0.717, 1.165) is 51.4 Å². The van der Waals surface area contributed by atoms with E-state index in [-0.39, 0.29) is 29.0 Å². The molecule has 0 unspecified atom stereocenters. The fourth-order valence-electron chi connectivity index (χ4n) is 3.72. The fourth-order valence-corrected chi connectivity index (χ4v) is 3.72. The van der Waals surface area contributed by atoms with Crippen molar-refractivity contribution in [2.24, 2.45) is 0 Å². The Balaban J connectivity index is 1.71. The van der Waals surface area contributed by atoms with Crippen LogP contribution in [0.15, 0.2) is 18.2 Å². The van der Waals surface area contributed by atoms with Gasteiger partial charge in [0.1, 0.15) is 12.2 Å². The largest absolute Gasteiger partial charge is 0.459 e. The summed E-state index contributed by atoms with van der Waals surface area (Å²) >= 11 is 0. The van der Waals surface area contributed by atoms with Gasteiger partial charge in [-0.2, -0.15) is 0 Å². The van der Waals surface area contributed by atoms with Gasteiger partial charge in [-0.1, -0.05) is 12.8 Å². The van der Waals surface area contributed by atoms with Gasteiger partial charge in [-0.05, 0) is 69.6 Å². The summed E-state index contributed by atoms with van der Waals surface area (Å²) in [5.41, 5.74) is 0.748. The van der Waals surface area contributed by atoms with Crippen molar-refractivity contribution in [3.05, 3.63) is 40.7 Å². The maximum atomic E-state index is 12.5. The number of ether oxygens (including phenoxy) is 2. The Morgan fingerprint density at radius 1 is 0.769 bits per heavy atom. The molecule has 0 atom stereocenters. The predicted molar refractivity (Wildman–Crippen MR) is 97.3 cm³/mol. The first-order valence-electron chi connectivity index (χ1n) is 9.60. The van der Waals surface area contributed by atoms with Crippen molar-refractivity contribution in [3.63, 3.8) is 0 Å². The Morgan fingerprint density at radius 2 is 1.19 bits per heavy atom. The zero-order chi connectivity index (χ0) is 18.4. The normalized spacial score (nSPS) is 18.7. The first-order chi connectivity index (χ1) is 12.7. The maximum absolute atomic E-state index is 12.5. The van der Waals surface area contributed by atoms with E-state index >= 15 is 0 Å². The molecule has 2 saturated carbocycles. The van der Waals surface area contributed by atoms with Crippen molar-refractivity contribution in [3.8, 4) is 0 Å². The Bertz CT molecular complexity index is 644. The zero-order valence-electron chi connectivity index (χ0n) is 15.0. The zero-order valence-corrected chi connectivity index (χ0v) is 15.0. The molecule has 0 aromatic heterocycles. The van der Waals surface area contributed by atoms with Crippen molar-refractivity contribution in [2.45, 2.75) is 76.4 Å². The van der Waals surface area contributed by atoms with Crippen LogP contribution in [0.3, 0.4) is 0 Å². The number of esters is 2. The number of rotatable bonds is 4. The molecule has 3 rings (SSSR count). The van der Waals surface area contributed by atoms with Gasteiger partial charge < -0.3 is 9.47 Å². The lowest BCUT2D eigenvalue weighted by Gasteiger charge is -2.22. The second-order valence-electron chi connectivity index (χ2n) is 7.21. The van der Waals surface area contributed by atoms with E-state index in [0.29, 0.717) is 0 Å². The van der Waals surface area contributed by atoms with Crippen LogP contribution in [-0.2, 0) is 9.47 Å². The van der Waals surface area contributed by atoms with Crippen LogP contribution < -0.4 is 0 Å². The van der Waals surface area contributed by atoms with E-state index in [9.17, 15) is 9.59 Å². The summed E-state index contributed by atoms with van der Waals surface area (Å²) in [5, 5.41) is 0. The molecular formula is C21H25NO4. The topological polar surface area (TPSA) is 57.0 Å². The van der Waals surface area contributed by atoms with Crippen molar-refractivity contribution >= 4 is 17.6 Å². The molecule has 0 radical (unpaired) electrons. The summed E-state index contributed by atoms with van der Waals surface area (Å²) in [6.07, 6.45) is 10.0. The molecule has 2 fully saturated rings. The van der Waals surface area contributed by atoms with Gasteiger partial charge in [-0.3, -0.25) is 0 Å². The van der Waals surface area contributed by atoms with Gasteiger partial charge in [0, 0.05) is 0 Å². The molecule has 1 aromatic carbocycles. The molecule has 1 aromatic rings. The van der Waals surface area contributed by atoms with Crippen molar-refractivity contribution < 1.29 is 19.1 Å². The molecule has 0 N–H and O–H groups in total. The van der Waals surface area contributed by atoms with Crippen LogP contribution in [-0.4, -0.2) is 24.1 Å². The van der Waals surface area contributed by atoms with Crippen molar-refractivity contribution in [1.29, 1.82) is 0 Å². The third-order valence-electron chi connectivity index (χ3n) is 5.17. The molecule has 0 bridgehead atoms. The smallest absolute Gasteiger partial charge is 0.337 e. The van der Waals surface area contributed by atoms with E-state index in [2.05, 4.69) is 4.85 Å². The fraction of sp³-hybridized carbons (Fsp3) is 0.571. The molecular weight excluding hydrogens is 330 g/mol. The lowest BCUT2D eigenvalue weighted by atomic mass is 9.97. The van der Waals surface area contributed by atoms with E-state index in [4.69, 9.17) is 16.0 Å². The average Bonchev–Trinajstić information content (AvgIpc) is 2.69. The van der Waals surface area contributed by atoms with Crippen LogP contribution in [0, 0.1) is 6.57 Å². The monoisotopic (exact) mass is 355 g/mol. The van der Waals surface area contributed by atoms with Gasteiger partial charge in [0.2, 0.25) is 0 Å². The maximum Gasteiger partial charge on any atom is 0.337 e. The second kappa shape index (κ2) is 8.84. The minimum atomic E-state index is -0.464. The Kier molecular flexibility index (Phi) is 6.27. The highest BCUT2D eigenvalue weighted by molar-refractivity contribution is 5.97. The van der Waals surface area contributed by atoms with Crippen LogP contribution in [0.4, 0.5) is 5.69 Å². The summed E-state index contributed by atoms with van der Waals surface area (Å²) < 4.78 is 11.1. The van der Waals surface area contributed by atoms with Gasteiger partial charge in [-0.25, -0.2) is 14.4 Å². The summed E-state index contributed by atoms with van der Waals surface area (Å²) in [5.74, 6) is -0.928. The molecule has 0 saturated heterocycles. The molecule has 26 heavy (non-hydrogen) atoms. The van der Waals surface area contributed by atoms with Gasteiger partial charge >= 0.3 is 11.9 Å². The number of benzene rings is 1. The third-order valence-corrected chi connectivity index (χ3v) is 5.17. The molecule has 138 valence electrons. The first kappa shape index (κ1) is 18.4. The van der Waals surface area contributed by atoms with Gasteiger partial charge in [0.15, 0.2) is 5.69 Å². The number of carbonyl (C=O) groups excluding carboxylic acids is 2. The average molecular weight is 355 g/mol. The van der Waals surface area contributed by atoms with Gasteiger partial charge in [0.05, 0.1) is 17.7 Å². The molecule has 0 aliphatic heterocycles. The van der Waals surface area contributed by atoms with Crippen LogP contribution in [0.25, 0.3) is 4.85 Å². The minimum Gasteiger partial charge on any atom is -0.459 e. The first-order valence-corrected chi connectivity index (χ1v) is 9.60. The summed E-state index contributed by atoms with van der Waals surface area (Å²) in [7, 11) is 0. The lowest BCUT2D eigenvalue weighted by molar-refractivity contribution is 0.0210. The van der Waals surface area contributed by atoms with Crippen molar-refractivity contribution in [1.82, 2.24) is 0 Å². The van der Waals surface area contributed by atoms with Crippen LogP contribution in [0.5, 0.6) is 0 Å². The molecule has 0 spiro atoms. The quantitative estimate of drug-likeness (QED) is 0.549. The third kappa shape index (κ3) is 4.85. The highest BCUT2D eigenvalue weighted by Crippen LogP contribution is 2.25. The summed E-state index contributed by atoms with van der Waals surface area (Å²) in [6.45, 7) is 7.25.